The first-order valence-corrected chi connectivity index (χ1v) is 9.74. The summed E-state index contributed by atoms with van der Waals surface area (Å²) in [6, 6.07) is 13.9. The number of hydrogen-bond donors (Lipinski definition) is 1. The van der Waals surface area contributed by atoms with E-state index in [9.17, 15) is 25.0 Å². The summed E-state index contributed by atoms with van der Waals surface area (Å²) in [4.78, 5) is 37.6. The molecule has 1 heterocycles. The van der Waals surface area contributed by atoms with Gasteiger partial charge in [0.15, 0.2) is 0 Å². The van der Waals surface area contributed by atoms with Crippen molar-refractivity contribution in [2.45, 2.75) is 5.92 Å². The van der Waals surface area contributed by atoms with Crippen molar-refractivity contribution >= 4 is 34.9 Å². The van der Waals surface area contributed by atoms with Gasteiger partial charge in [-0.2, -0.15) is 5.26 Å². The van der Waals surface area contributed by atoms with Crippen molar-refractivity contribution in [3.8, 4) is 6.07 Å². The number of nitro groups is 1. The first-order chi connectivity index (χ1) is 15.8. The monoisotopic (exact) mass is 468 g/mol. The van der Waals surface area contributed by atoms with E-state index in [4.69, 9.17) is 26.8 Å². The van der Waals surface area contributed by atoms with Crippen LogP contribution in [0.25, 0.3) is 0 Å². The molecule has 0 fully saturated rings. The summed E-state index contributed by atoms with van der Waals surface area (Å²) >= 11 is 6.30. The third-order valence-electron chi connectivity index (χ3n) is 4.99. The van der Waals surface area contributed by atoms with E-state index in [1.165, 1.54) is 6.07 Å². The van der Waals surface area contributed by atoms with Crippen LogP contribution in [0, 0.1) is 21.4 Å². The number of hydrogen-bond acceptors (Lipinski definition) is 9. The molecule has 168 valence electrons. The number of allylic oxidation sites excluding steroid dienone is 1. The number of esters is 2. The van der Waals surface area contributed by atoms with Gasteiger partial charge in [0.2, 0.25) is 0 Å². The summed E-state index contributed by atoms with van der Waals surface area (Å²) in [7, 11) is 2.21. The molecule has 11 heteroatoms. The Hall–Kier alpha value is -4.36. The predicted octanol–water partition coefficient (Wildman–Crippen LogP) is 3.15. The van der Waals surface area contributed by atoms with Gasteiger partial charge in [-0.25, -0.2) is 9.59 Å². The van der Waals surface area contributed by atoms with Crippen LogP contribution in [0.5, 0.6) is 0 Å². The lowest BCUT2D eigenvalue weighted by Gasteiger charge is -2.36. The minimum absolute atomic E-state index is 0.0235. The van der Waals surface area contributed by atoms with Crippen LogP contribution in [-0.4, -0.2) is 31.1 Å². The number of carbonyl (C=O) groups excluding carboxylic acids is 2. The lowest BCUT2D eigenvalue weighted by molar-refractivity contribution is -0.384. The summed E-state index contributed by atoms with van der Waals surface area (Å²) in [5.74, 6) is -3.22. The molecular weight excluding hydrogens is 452 g/mol. The normalized spacial score (nSPS) is 15.7. The molecule has 0 radical (unpaired) electrons. The van der Waals surface area contributed by atoms with Crippen LogP contribution in [-0.2, 0) is 19.1 Å². The molecule has 1 aliphatic rings. The number of benzene rings is 2. The number of non-ortho nitro benzene ring substituents is 1. The molecule has 2 aromatic carbocycles. The number of rotatable bonds is 5. The third-order valence-corrected chi connectivity index (χ3v) is 5.31. The Labute approximate surface area is 193 Å². The fraction of sp³-hybridized carbons (Fsp3) is 0.136. The number of methoxy groups -OCH3 is 2. The van der Waals surface area contributed by atoms with Gasteiger partial charge in [-0.1, -0.05) is 41.9 Å². The van der Waals surface area contributed by atoms with Gasteiger partial charge in [-0.15, -0.1) is 0 Å². The fourth-order valence-corrected chi connectivity index (χ4v) is 3.75. The van der Waals surface area contributed by atoms with Gasteiger partial charge in [0, 0.05) is 12.1 Å². The number of nitrogens with zero attached hydrogens (tertiary/aromatic N) is 3. The average Bonchev–Trinajstić information content (AvgIpc) is 2.83. The molecule has 0 spiro atoms. The Bertz CT molecular complexity index is 1250. The summed E-state index contributed by atoms with van der Waals surface area (Å²) in [6.45, 7) is 0. The van der Waals surface area contributed by atoms with E-state index < -0.39 is 22.8 Å². The van der Waals surface area contributed by atoms with E-state index in [0.717, 1.165) is 31.3 Å². The van der Waals surface area contributed by atoms with Crippen molar-refractivity contribution in [1.82, 2.24) is 0 Å². The predicted molar refractivity (Wildman–Crippen MR) is 118 cm³/mol. The smallest absolute Gasteiger partial charge is 0.355 e. The Balaban J connectivity index is 2.46. The van der Waals surface area contributed by atoms with Crippen LogP contribution in [0.1, 0.15) is 11.5 Å². The number of ether oxygens (including phenoxy) is 2. The molecular formula is C22H17ClN4O6. The molecule has 3 rings (SSSR count). The van der Waals surface area contributed by atoms with Crippen molar-refractivity contribution in [2.24, 2.45) is 5.73 Å². The number of halogens is 1. The van der Waals surface area contributed by atoms with Crippen molar-refractivity contribution in [2.75, 3.05) is 19.1 Å². The van der Waals surface area contributed by atoms with Crippen molar-refractivity contribution < 1.29 is 24.0 Å². The maximum Gasteiger partial charge on any atom is 0.355 e. The third kappa shape index (κ3) is 4.09. The van der Waals surface area contributed by atoms with Gasteiger partial charge in [0.25, 0.3) is 5.69 Å². The molecule has 0 amide bonds. The van der Waals surface area contributed by atoms with Crippen LogP contribution < -0.4 is 10.6 Å². The number of carbonyl (C=O) groups is 2. The number of nitrogens with two attached hydrogens (primary N) is 1. The second-order valence-corrected chi connectivity index (χ2v) is 7.14. The van der Waals surface area contributed by atoms with Gasteiger partial charge in [-0.3, -0.25) is 15.0 Å². The van der Waals surface area contributed by atoms with Crippen LogP contribution in [0.15, 0.2) is 71.2 Å². The highest BCUT2D eigenvalue weighted by Gasteiger charge is 2.43. The summed E-state index contributed by atoms with van der Waals surface area (Å²) < 4.78 is 9.83. The molecule has 1 atom stereocenters. The fourth-order valence-electron chi connectivity index (χ4n) is 3.55. The highest BCUT2D eigenvalue weighted by molar-refractivity contribution is 6.33. The van der Waals surface area contributed by atoms with E-state index in [1.54, 1.807) is 30.3 Å². The lowest BCUT2D eigenvalue weighted by atomic mass is 9.81. The Kier molecular flexibility index (Phi) is 6.65. The van der Waals surface area contributed by atoms with E-state index in [0.29, 0.717) is 5.56 Å². The van der Waals surface area contributed by atoms with E-state index >= 15 is 0 Å². The number of nitro benzene ring substituents is 1. The number of nitriles is 1. The Morgan fingerprint density at radius 2 is 1.79 bits per heavy atom. The maximum absolute atomic E-state index is 13.0. The molecule has 2 aromatic rings. The first kappa shape index (κ1) is 23.3. The zero-order chi connectivity index (χ0) is 24.3. The quantitative estimate of drug-likeness (QED) is 0.396. The van der Waals surface area contributed by atoms with Crippen LogP contribution in [0.3, 0.4) is 0 Å². The van der Waals surface area contributed by atoms with Crippen molar-refractivity contribution in [3.05, 3.63) is 91.9 Å². The highest BCUT2D eigenvalue weighted by Crippen LogP contribution is 2.45. The number of anilines is 1. The minimum atomic E-state index is -1.06. The summed E-state index contributed by atoms with van der Waals surface area (Å²) in [5.41, 5.74) is 5.68. The molecule has 0 bridgehead atoms. The summed E-state index contributed by atoms with van der Waals surface area (Å²) in [5, 5.41) is 21.3. The molecule has 2 N–H and O–H groups in total. The Morgan fingerprint density at radius 1 is 1.15 bits per heavy atom. The van der Waals surface area contributed by atoms with Crippen LogP contribution >= 0.6 is 11.6 Å². The van der Waals surface area contributed by atoms with E-state index in [-0.39, 0.29) is 39.1 Å². The lowest BCUT2D eigenvalue weighted by Crippen LogP contribution is -2.40. The van der Waals surface area contributed by atoms with Crippen LogP contribution in [0.4, 0.5) is 11.4 Å². The molecule has 0 saturated carbocycles. The van der Waals surface area contributed by atoms with Gasteiger partial charge >= 0.3 is 11.9 Å². The van der Waals surface area contributed by atoms with Crippen LogP contribution in [0.2, 0.25) is 5.02 Å². The van der Waals surface area contributed by atoms with E-state index in [2.05, 4.69) is 0 Å². The second-order valence-electron chi connectivity index (χ2n) is 6.73. The standard InChI is InChI=1S/C22H17ClN4O6/c1-32-21(28)18-17(12-6-4-3-5-7-12)14(11-24)20(25)26(19(18)22(29)33-2)16-10-13(27(30)31)8-9-15(16)23/h3-10,17H,25H2,1-2H3. The molecule has 1 unspecified atom stereocenters. The van der Waals surface area contributed by atoms with Gasteiger partial charge in [0.05, 0.1) is 53.0 Å². The molecule has 33 heavy (non-hydrogen) atoms. The molecule has 0 aromatic heterocycles. The van der Waals surface area contributed by atoms with Gasteiger partial charge in [0.1, 0.15) is 11.5 Å². The van der Waals surface area contributed by atoms with Gasteiger partial charge in [-0.05, 0) is 11.6 Å². The second kappa shape index (κ2) is 9.42. The van der Waals surface area contributed by atoms with Crippen molar-refractivity contribution in [1.29, 1.82) is 5.26 Å². The zero-order valence-corrected chi connectivity index (χ0v) is 18.2. The molecule has 10 nitrogen and oxygen atoms in total. The topological polar surface area (TPSA) is 149 Å². The largest absolute Gasteiger partial charge is 0.466 e. The molecule has 0 aliphatic carbocycles. The zero-order valence-electron chi connectivity index (χ0n) is 17.4. The SMILES string of the molecule is COC(=O)C1=C(C(=O)OC)N(c2cc([N+](=O)[O-])ccc2Cl)C(N)=C(C#N)C1c1ccccc1. The first-order valence-electron chi connectivity index (χ1n) is 9.36. The minimum Gasteiger partial charge on any atom is -0.466 e. The van der Waals surface area contributed by atoms with Gasteiger partial charge < -0.3 is 15.2 Å². The molecule has 0 saturated heterocycles. The average molecular weight is 469 g/mol. The van der Waals surface area contributed by atoms with Crippen molar-refractivity contribution in [3.63, 3.8) is 0 Å². The van der Waals surface area contributed by atoms with E-state index in [1.807, 2.05) is 6.07 Å². The highest BCUT2D eigenvalue weighted by atomic mass is 35.5. The Morgan fingerprint density at radius 3 is 2.33 bits per heavy atom. The maximum atomic E-state index is 13.0. The summed E-state index contributed by atoms with van der Waals surface area (Å²) in [6.07, 6.45) is 0. The molecule has 1 aliphatic heterocycles.